The molecule has 1 atom stereocenters. The molecule has 2 aromatic rings. The van der Waals surface area contributed by atoms with Crippen LogP contribution in [0, 0.1) is 17.6 Å². The highest BCUT2D eigenvalue weighted by Gasteiger charge is 2.30. The monoisotopic (exact) mass is 376 g/mol. The van der Waals surface area contributed by atoms with Crippen LogP contribution in [0.2, 0.25) is 0 Å². The molecule has 0 aliphatic heterocycles. The Morgan fingerprint density at radius 3 is 2.63 bits per heavy atom. The number of aryl methyl sites for hydroxylation is 1. The van der Waals surface area contributed by atoms with E-state index in [2.05, 4.69) is 5.10 Å². The molecule has 5 nitrogen and oxygen atoms in total. The molecule has 0 spiro atoms. The molecule has 0 saturated heterocycles. The van der Waals surface area contributed by atoms with Crippen LogP contribution in [0.5, 0.6) is 0 Å². The van der Waals surface area contributed by atoms with Crippen molar-refractivity contribution in [1.82, 2.24) is 14.7 Å². The molecule has 0 bridgehead atoms. The number of halogens is 2. The number of carbonyl (C=O) groups is 1. The van der Waals surface area contributed by atoms with E-state index in [0.717, 1.165) is 37.8 Å². The first kappa shape index (κ1) is 19.5. The molecule has 1 aliphatic carbocycles. The Bertz CT molecular complexity index is 799. The summed E-state index contributed by atoms with van der Waals surface area (Å²) in [5.74, 6) is -0.703. The molecule has 0 radical (unpaired) electrons. The molecule has 3 rings (SSSR count). The second-order valence-electron chi connectivity index (χ2n) is 7.46. The van der Waals surface area contributed by atoms with Crippen molar-refractivity contribution in [3.05, 3.63) is 53.4 Å². The van der Waals surface area contributed by atoms with Crippen molar-refractivity contribution >= 4 is 5.91 Å². The maximum atomic E-state index is 13.8. The van der Waals surface area contributed by atoms with Gasteiger partial charge in [0.2, 0.25) is 0 Å². The number of carbonyl (C=O) groups excluding carboxylic acids is 1. The minimum atomic E-state index is -0.447. The number of hydrogen-bond acceptors (Lipinski definition) is 3. The van der Waals surface area contributed by atoms with Gasteiger partial charge in [0, 0.05) is 32.4 Å². The van der Waals surface area contributed by atoms with Crippen LogP contribution in [-0.4, -0.2) is 39.7 Å². The zero-order valence-corrected chi connectivity index (χ0v) is 15.7. The van der Waals surface area contributed by atoms with Crippen LogP contribution >= 0.6 is 0 Å². The maximum Gasteiger partial charge on any atom is 0.274 e. The van der Waals surface area contributed by atoms with Gasteiger partial charge in [0.05, 0.1) is 0 Å². The predicted octanol–water partition coefficient (Wildman–Crippen LogP) is 2.90. The van der Waals surface area contributed by atoms with Crippen molar-refractivity contribution in [3.8, 4) is 0 Å². The summed E-state index contributed by atoms with van der Waals surface area (Å²) >= 11 is 0. The van der Waals surface area contributed by atoms with Gasteiger partial charge in [-0.05, 0) is 67.9 Å². The SMILES string of the molecule is CN(C(=O)c1ccn(C)n1)C1CCC([C@H](N)Cc2cc(F)ccc2F)CC1. The van der Waals surface area contributed by atoms with E-state index in [1.165, 1.54) is 6.07 Å². The lowest BCUT2D eigenvalue weighted by molar-refractivity contribution is 0.0662. The average Bonchev–Trinajstić information content (AvgIpc) is 3.10. The largest absolute Gasteiger partial charge is 0.337 e. The molecule has 1 aromatic carbocycles. The van der Waals surface area contributed by atoms with Crippen LogP contribution < -0.4 is 5.73 Å². The van der Waals surface area contributed by atoms with Crippen LogP contribution in [0.25, 0.3) is 0 Å². The van der Waals surface area contributed by atoms with Gasteiger partial charge in [-0.15, -0.1) is 0 Å². The van der Waals surface area contributed by atoms with Crippen molar-refractivity contribution in [1.29, 1.82) is 0 Å². The van der Waals surface area contributed by atoms with Gasteiger partial charge >= 0.3 is 0 Å². The molecule has 27 heavy (non-hydrogen) atoms. The zero-order chi connectivity index (χ0) is 19.6. The van der Waals surface area contributed by atoms with E-state index in [9.17, 15) is 13.6 Å². The second kappa shape index (κ2) is 8.17. The van der Waals surface area contributed by atoms with Gasteiger partial charge in [-0.1, -0.05) is 0 Å². The van der Waals surface area contributed by atoms with Crippen LogP contribution in [0.4, 0.5) is 8.78 Å². The molecule has 1 heterocycles. The summed E-state index contributed by atoms with van der Waals surface area (Å²) in [5.41, 5.74) is 7.06. The maximum absolute atomic E-state index is 13.8. The van der Waals surface area contributed by atoms with Crippen LogP contribution in [0.15, 0.2) is 30.5 Å². The van der Waals surface area contributed by atoms with Crippen molar-refractivity contribution in [3.63, 3.8) is 0 Å². The van der Waals surface area contributed by atoms with E-state index in [1.54, 1.807) is 28.9 Å². The van der Waals surface area contributed by atoms with Crippen LogP contribution in [0.3, 0.4) is 0 Å². The molecule has 7 heteroatoms. The first-order valence-corrected chi connectivity index (χ1v) is 9.31. The van der Waals surface area contributed by atoms with Gasteiger partial charge in [-0.3, -0.25) is 9.48 Å². The van der Waals surface area contributed by atoms with E-state index in [0.29, 0.717) is 17.7 Å². The summed E-state index contributed by atoms with van der Waals surface area (Å²) in [6.45, 7) is 0. The highest BCUT2D eigenvalue weighted by molar-refractivity contribution is 5.92. The number of nitrogens with zero attached hydrogens (tertiary/aromatic N) is 3. The third-order valence-electron chi connectivity index (χ3n) is 5.61. The molecular weight excluding hydrogens is 350 g/mol. The number of hydrogen-bond donors (Lipinski definition) is 1. The van der Waals surface area contributed by atoms with Gasteiger partial charge in [-0.25, -0.2) is 8.78 Å². The van der Waals surface area contributed by atoms with E-state index < -0.39 is 11.6 Å². The third-order valence-corrected chi connectivity index (χ3v) is 5.61. The fraction of sp³-hybridized carbons (Fsp3) is 0.500. The highest BCUT2D eigenvalue weighted by Crippen LogP contribution is 2.30. The van der Waals surface area contributed by atoms with Gasteiger partial charge in [0.15, 0.2) is 0 Å². The molecule has 1 fully saturated rings. The lowest BCUT2D eigenvalue weighted by Crippen LogP contribution is -2.43. The number of nitrogens with two attached hydrogens (primary N) is 1. The molecular formula is C20H26F2N4O. The average molecular weight is 376 g/mol. The lowest BCUT2D eigenvalue weighted by Gasteiger charge is -2.36. The Hall–Kier alpha value is -2.28. The molecule has 1 saturated carbocycles. The number of amides is 1. The topological polar surface area (TPSA) is 64.2 Å². The molecule has 2 N–H and O–H groups in total. The van der Waals surface area contributed by atoms with Crippen molar-refractivity contribution in [2.45, 2.75) is 44.2 Å². The second-order valence-corrected chi connectivity index (χ2v) is 7.46. The van der Waals surface area contributed by atoms with Crippen LogP contribution in [0.1, 0.15) is 41.7 Å². The molecule has 1 amide bonds. The van der Waals surface area contributed by atoms with E-state index in [-0.39, 0.29) is 23.9 Å². The summed E-state index contributed by atoms with van der Waals surface area (Å²) < 4.78 is 28.8. The Balaban J connectivity index is 1.55. The molecule has 1 aromatic heterocycles. The van der Waals surface area contributed by atoms with E-state index in [4.69, 9.17) is 5.73 Å². The van der Waals surface area contributed by atoms with Gasteiger partial charge in [0.1, 0.15) is 17.3 Å². The van der Waals surface area contributed by atoms with Crippen molar-refractivity contribution in [2.24, 2.45) is 18.7 Å². The highest BCUT2D eigenvalue weighted by atomic mass is 19.1. The first-order chi connectivity index (χ1) is 12.8. The van der Waals surface area contributed by atoms with Gasteiger partial charge < -0.3 is 10.6 Å². The minimum absolute atomic E-state index is 0.0785. The summed E-state index contributed by atoms with van der Waals surface area (Å²) in [5, 5.41) is 4.17. The quantitative estimate of drug-likeness (QED) is 0.873. The normalized spacial score (nSPS) is 21.1. The Morgan fingerprint density at radius 2 is 2.00 bits per heavy atom. The summed E-state index contributed by atoms with van der Waals surface area (Å²) in [4.78, 5) is 14.3. The third kappa shape index (κ3) is 4.53. The number of aromatic nitrogens is 2. The zero-order valence-electron chi connectivity index (χ0n) is 15.7. The molecule has 0 unspecified atom stereocenters. The Morgan fingerprint density at radius 1 is 1.30 bits per heavy atom. The molecule has 1 aliphatic rings. The standard InChI is InChI=1S/C20H26F2N4O/c1-25-10-9-19(24-25)20(27)26(2)16-6-3-13(4-7-16)18(23)12-14-11-15(21)5-8-17(14)22/h5,8-11,13,16,18H,3-4,6-7,12,23H2,1-2H3/t13?,16?,18-/m1/s1. The first-order valence-electron chi connectivity index (χ1n) is 9.31. The van der Waals surface area contributed by atoms with E-state index in [1.807, 2.05) is 7.05 Å². The van der Waals surface area contributed by atoms with Crippen molar-refractivity contribution in [2.75, 3.05) is 7.05 Å². The molecule has 146 valence electrons. The van der Waals surface area contributed by atoms with E-state index >= 15 is 0 Å². The Kier molecular flexibility index (Phi) is 5.89. The smallest absolute Gasteiger partial charge is 0.274 e. The predicted molar refractivity (Wildman–Crippen MR) is 99.1 cm³/mol. The summed E-state index contributed by atoms with van der Waals surface area (Å²) in [6.07, 6.45) is 5.49. The van der Waals surface area contributed by atoms with Gasteiger partial charge in [0.25, 0.3) is 5.91 Å². The minimum Gasteiger partial charge on any atom is -0.337 e. The fourth-order valence-corrected chi connectivity index (χ4v) is 3.91. The Labute approximate surface area is 158 Å². The summed E-state index contributed by atoms with van der Waals surface area (Å²) in [7, 11) is 3.59. The van der Waals surface area contributed by atoms with Gasteiger partial charge in [-0.2, -0.15) is 5.10 Å². The van der Waals surface area contributed by atoms with Crippen molar-refractivity contribution < 1.29 is 13.6 Å². The number of rotatable bonds is 5. The number of benzene rings is 1. The fourth-order valence-electron chi connectivity index (χ4n) is 3.91. The lowest BCUT2D eigenvalue weighted by atomic mass is 9.79. The van der Waals surface area contributed by atoms with Crippen LogP contribution in [-0.2, 0) is 13.5 Å². The summed E-state index contributed by atoms with van der Waals surface area (Å²) in [6, 6.07) is 5.12.